The van der Waals surface area contributed by atoms with Gasteiger partial charge in [0.25, 0.3) is 0 Å². The predicted molar refractivity (Wildman–Crippen MR) is 126 cm³/mol. The van der Waals surface area contributed by atoms with E-state index < -0.39 is 0 Å². The van der Waals surface area contributed by atoms with E-state index in [0.29, 0.717) is 6.61 Å². The van der Waals surface area contributed by atoms with Gasteiger partial charge in [0.05, 0.1) is 6.54 Å². The quantitative estimate of drug-likeness (QED) is 0.359. The second kappa shape index (κ2) is 12.8. The van der Waals surface area contributed by atoms with E-state index in [1.54, 1.807) is 7.05 Å². The molecule has 3 rings (SSSR count). The lowest BCUT2D eigenvalue weighted by Gasteiger charge is -2.36. The highest BCUT2D eigenvalue weighted by Gasteiger charge is 2.16. The summed E-state index contributed by atoms with van der Waals surface area (Å²) in [5.74, 6) is 1.73. The minimum atomic E-state index is 0.611. The minimum Gasteiger partial charge on any atom is -0.492 e. The maximum Gasteiger partial charge on any atom is 0.191 e. The van der Waals surface area contributed by atoms with Crippen LogP contribution in [0.5, 0.6) is 5.75 Å². The third-order valence-corrected chi connectivity index (χ3v) is 5.32. The number of anilines is 1. The highest BCUT2D eigenvalue weighted by molar-refractivity contribution is 5.79. The molecule has 0 saturated carbocycles. The fraction of sp³-hybridized carbons (Fsp3) is 0.458. The monoisotopic (exact) mass is 409 g/mol. The van der Waals surface area contributed by atoms with Crippen molar-refractivity contribution < 1.29 is 4.74 Å². The van der Waals surface area contributed by atoms with Crippen LogP contribution in [0.2, 0.25) is 0 Å². The van der Waals surface area contributed by atoms with Gasteiger partial charge in [0.2, 0.25) is 0 Å². The van der Waals surface area contributed by atoms with Gasteiger partial charge in [-0.3, -0.25) is 9.89 Å². The molecule has 2 aromatic rings. The molecule has 1 saturated heterocycles. The average molecular weight is 410 g/mol. The summed E-state index contributed by atoms with van der Waals surface area (Å²) in [6.45, 7) is 7.96. The molecule has 0 aliphatic carbocycles. The fourth-order valence-electron chi connectivity index (χ4n) is 3.61. The Kier molecular flexibility index (Phi) is 9.34. The summed E-state index contributed by atoms with van der Waals surface area (Å²) in [6, 6.07) is 20.6. The Hall–Kier alpha value is -2.73. The number of benzene rings is 2. The highest BCUT2D eigenvalue weighted by atomic mass is 16.5. The van der Waals surface area contributed by atoms with Crippen LogP contribution in [-0.4, -0.2) is 70.3 Å². The molecule has 0 unspecified atom stereocenters. The van der Waals surface area contributed by atoms with Crippen LogP contribution in [0.25, 0.3) is 0 Å². The van der Waals surface area contributed by atoms with E-state index in [-0.39, 0.29) is 0 Å². The van der Waals surface area contributed by atoms with Gasteiger partial charge in [-0.05, 0) is 43.7 Å². The van der Waals surface area contributed by atoms with Crippen molar-refractivity contribution in [2.75, 3.05) is 64.4 Å². The fourth-order valence-corrected chi connectivity index (χ4v) is 3.61. The number of hydrogen-bond acceptors (Lipinski definition) is 4. The number of aliphatic imine (C=N–C) groups is 1. The maximum atomic E-state index is 5.69. The summed E-state index contributed by atoms with van der Waals surface area (Å²) in [5.41, 5.74) is 1.34. The first-order valence-electron chi connectivity index (χ1n) is 11.0. The van der Waals surface area contributed by atoms with E-state index in [1.165, 1.54) is 18.7 Å². The standard InChI is InChI=1S/C24H35N5O/c1-25-24(27-15-21-30-23-12-6-3-7-13-23)26-14-8-9-16-28-17-19-29(20-18-28)22-10-4-2-5-11-22/h2-7,10-13H,8-9,14-21H2,1H3,(H2,25,26,27). The average Bonchev–Trinajstić information content (AvgIpc) is 2.82. The van der Waals surface area contributed by atoms with Crippen molar-refractivity contribution in [1.82, 2.24) is 15.5 Å². The van der Waals surface area contributed by atoms with Crippen LogP contribution in [0.3, 0.4) is 0 Å². The minimum absolute atomic E-state index is 0.611. The number of hydrogen-bond donors (Lipinski definition) is 2. The number of rotatable bonds is 10. The molecule has 0 atom stereocenters. The Morgan fingerprint density at radius 1 is 0.867 bits per heavy atom. The van der Waals surface area contributed by atoms with Gasteiger partial charge < -0.3 is 20.3 Å². The second-order valence-electron chi connectivity index (χ2n) is 7.46. The van der Waals surface area contributed by atoms with Crippen molar-refractivity contribution in [3.63, 3.8) is 0 Å². The van der Waals surface area contributed by atoms with Crippen LogP contribution in [0.4, 0.5) is 5.69 Å². The van der Waals surface area contributed by atoms with Gasteiger partial charge in [-0.2, -0.15) is 0 Å². The molecule has 2 N–H and O–H groups in total. The number of para-hydroxylation sites is 2. The predicted octanol–water partition coefficient (Wildman–Crippen LogP) is 2.83. The van der Waals surface area contributed by atoms with Crippen molar-refractivity contribution in [3.05, 3.63) is 60.7 Å². The van der Waals surface area contributed by atoms with E-state index in [9.17, 15) is 0 Å². The molecule has 0 amide bonds. The molecule has 0 bridgehead atoms. The van der Waals surface area contributed by atoms with Crippen LogP contribution in [0.1, 0.15) is 12.8 Å². The zero-order chi connectivity index (χ0) is 20.9. The lowest BCUT2D eigenvalue weighted by Crippen LogP contribution is -2.46. The van der Waals surface area contributed by atoms with Gasteiger partial charge in [0.1, 0.15) is 12.4 Å². The first-order valence-corrected chi connectivity index (χ1v) is 11.0. The summed E-state index contributed by atoms with van der Waals surface area (Å²) in [4.78, 5) is 9.34. The molecule has 1 heterocycles. The normalized spacial score (nSPS) is 15.1. The summed E-state index contributed by atoms with van der Waals surface area (Å²) in [7, 11) is 1.81. The van der Waals surface area contributed by atoms with Crippen molar-refractivity contribution in [1.29, 1.82) is 0 Å². The zero-order valence-electron chi connectivity index (χ0n) is 18.1. The van der Waals surface area contributed by atoms with Crippen LogP contribution in [0.15, 0.2) is 65.7 Å². The van der Waals surface area contributed by atoms with Gasteiger partial charge >= 0.3 is 0 Å². The summed E-state index contributed by atoms with van der Waals surface area (Å²) >= 11 is 0. The van der Waals surface area contributed by atoms with Crippen molar-refractivity contribution in [2.45, 2.75) is 12.8 Å². The summed E-state index contributed by atoms with van der Waals surface area (Å²) < 4.78 is 5.69. The molecule has 1 aliphatic rings. The molecule has 0 aromatic heterocycles. The number of nitrogens with one attached hydrogen (secondary N) is 2. The largest absolute Gasteiger partial charge is 0.492 e. The van der Waals surface area contributed by atoms with Crippen LogP contribution < -0.4 is 20.3 Å². The zero-order valence-corrected chi connectivity index (χ0v) is 18.1. The van der Waals surface area contributed by atoms with Crippen LogP contribution in [0, 0.1) is 0 Å². The lowest BCUT2D eigenvalue weighted by atomic mass is 10.2. The van der Waals surface area contributed by atoms with Gasteiger partial charge in [-0.15, -0.1) is 0 Å². The Morgan fingerprint density at radius 3 is 2.23 bits per heavy atom. The maximum absolute atomic E-state index is 5.69. The highest BCUT2D eigenvalue weighted by Crippen LogP contribution is 2.15. The number of unbranched alkanes of at least 4 members (excludes halogenated alkanes) is 1. The van der Waals surface area contributed by atoms with E-state index >= 15 is 0 Å². The van der Waals surface area contributed by atoms with E-state index in [2.05, 4.69) is 55.8 Å². The smallest absolute Gasteiger partial charge is 0.191 e. The molecule has 6 nitrogen and oxygen atoms in total. The Morgan fingerprint density at radius 2 is 1.53 bits per heavy atom. The number of nitrogens with zero attached hydrogens (tertiary/aromatic N) is 3. The van der Waals surface area contributed by atoms with Gasteiger partial charge in [0.15, 0.2) is 5.96 Å². The van der Waals surface area contributed by atoms with E-state index in [4.69, 9.17) is 4.74 Å². The Balaban J connectivity index is 1.21. The third-order valence-electron chi connectivity index (χ3n) is 5.32. The lowest BCUT2D eigenvalue weighted by molar-refractivity contribution is 0.253. The van der Waals surface area contributed by atoms with Crippen LogP contribution in [-0.2, 0) is 0 Å². The molecule has 0 radical (unpaired) electrons. The Labute approximate surface area is 180 Å². The molecule has 30 heavy (non-hydrogen) atoms. The van der Waals surface area contributed by atoms with Gasteiger partial charge in [-0.1, -0.05) is 36.4 Å². The molecule has 2 aromatic carbocycles. The Bertz CT molecular complexity index is 730. The van der Waals surface area contributed by atoms with Gasteiger partial charge in [0, 0.05) is 45.5 Å². The first-order chi connectivity index (χ1) is 14.8. The molecule has 1 fully saturated rings. The summed E-state index contributed by atoms with van der Waals surface area (Å²) in [5, 5.41) is 6.69. The SMILES string of the molecule is CN=C(NCCCCN1CCN(c2ccccc2)CC1)NCCOc1ccccc1. The van der Waals surface area contributed by atoms with Crippen molar-refractivity contribution in [2.24, 2.45) is 4.99 Å². The van der Waals surface area contributed by atoms with Crippen LogP contribution >= 0.6 is 0 Å². The van der Waals surface area contributed by atoms with E-state index in [1.807, 2.05) is 30.3 Å². The van der Waals surface area contributed by atoms with E-state index in [0.717, 1.165) is 57.4 Å². The topological polar surface area (TPSA) is 52.1 Å². The molecular formula is C24H35N5O. The number of piperazine rings is 1. The number of guanidine groups is 1. The molecule has 162 valence electrons. The number of ether oxygens (including phenoxy) is 1. The molecular weight excluding hydrogens is 374 g/mol. The van der Waals surface area contributed by atoms with Crippen molar-refractivity contribution in [3.8, 4) is 5.75 Å². The summed E-state index contributed by atoms with van der Waals surface area (Å²) in [6.07, 6.45) is 2.34. The van der Waals surface area contributed by atoms with Gasteiger partial charge in [-0.25, -0.2) is 0 Å². The third kappa shape index (κ3) is 7.59. The molecule has 6 heteroatoms. The molecule has 0 spiro atoms. The van der Waals surface area contributed by atoms with Crippen molar-refractivity contribution >= 4 is 11.6 Å². The molecule has 1 aliphatic heterocycles. The first kappa shape index (κ1) is 22.0. The second-order valence-corrected chi connectivity index (χ2v) is 7.46.